The minimum Gasteiger partial charge on any atom is -0.326 e. The number of hydrogen-bond donors (Lipinski definition) is 2. The van der Waals surface area contributed by atoms with E-state index in [1.54, 1.807) is 0 Å². The van der Waals surface area contributed by atoms with Crippen molar-refractivity contribution in [1.29, 1.82) is 0 Å². The zero-order valence-electron chi connectivity index (χ0n) is 11.3. The number of rotatable bonds is 4. The topological polar surface area (TPSA) is 72.2 Å². The number of alkyl halides is 3. The summed E-state index contributed by atoms with van der Waals surface area (Å²) in [5.74, 6) is 0. The van der Waals surface area contributed by atoms with E-state index >= 15 is 0 Å². The summed E-state index contributed by atoms with van der Waals surface area (Å²) in [4.78, 5) is 0. The zero-order valence-corrected chi connectivity index (χ0v) is 12.1. The summed E-state index contributed by atoms with van der Waals surface area (Å²) in [5, 5.41) is -0.618. The normalized spacial score (nSPS) is 17.1. The maximum absolute atomic E-state index is 13.0. The molecule has 3 N–H and O–H groups in total. The molecule has 1 aromatic rings. The van der Waals surface area contributed by atoms with E-state index < -0.39 is 32.7 Å². The molecule has 0 amide bonds. The first-order valence-corrected chi connectivity index (χ1v) is 8.20. The van der Waals surface area contributed by atoms with E-state index in [-0.39, 0.29) is 6.54 Å². The Morgan fingerprint density at radius 2 is 1.86 bits per heavy atom. The second-order valence-electron chi connectivity index (χ2n) is 5.14. The Morgan fingerprint density at radius 1 is 1.24 bits per heavy atom. The smallest absolute Gasteiger partial charge is 0.326 e. The standard InChI is InChI=1S/C13H17F3N2O2S/c14-13(15,16)11-7-9(8-17)5-6-12(11)18-21(19,20)10-3-1-2-4-10/h5-7,10,18H,1-4,8,17H2. The Bertz CT molecular complexity index is 608. The SMILES string of the molecule is NCc1ccc(NS(=O)(=O)C2CCCC2)c(C(F)(F)F)c1. The van der Waals surface area contributed by atoms with Gasteiger partial charge in [-0.05, 0) is 30.5 Å². The molecular weight excluding hydrogens is 305 g/mol. The van der Waals surface area contributed by atoms with E-state index in [1.807, 2.05) is 0 Å². The first-order valence-electron chi connectivity index (χ1n) is 6.66. The van der Waals surface area contributed by atoms with Gasteiger partial charge in [0.2, 0.25) is 10.0 Å². The molecule has 2 rings (SSSR count). The number of hydrogen-bond acceptors (Lipinski definition) is 3. The summed E-state index contributed by atoms with van der Waals surface area (Å²) in [6, 6.07) is 3.39. The van der Waals surface area contributed by atoms with Crippen LogP contribution in [0.25, 0.3) is 0 Å². The van der Waals surface area contributed by atoms with Gasteiger partial charge in [-0.2, -0.15) is 13.2 Å². The van der Waals surface area contributed by atoms with E-state index in [2.05, 4.69) is 4.72 Å². The van der Waals surface area contributed by atoms with Crippen LogP contribution in [0.2, 0.25) is 0 Å². The molecule has 0 radical (unpaired) electrons. The van der Waals surface area contributed by atoms with Crippen molar-refractivity contribution in [3.8, 4) is 0 Å². The number of benzene rings is 1. The molecule has 0 aromatic heterocycles. The molecule has 0 atom stereocenters. The molecule has 21 heavy (non-hydrogen) atoms. The van der Waals surface area contributed by atoms with Crippen molar-refractivity contribution in [2.24, 2.45) is 5.73 Å². The van der Waals surface area contributed by atoms with Crippen LogP contribution < -0.4 is 10.5 Å². The molecule has 0 bridgehead atoms. The quantitative estimate of drug-likeness (QED) is 0.895. The third kappa shape index (κ3) is 3.68. The maximum Gasteiger partial charge on any atom is 0.418 e. The van der Waals surface area contributed by atoms with E-state index in [4.69, 9.17) is 5.73 Å². The lowest BCUT2D eigenvalue weighted by atomic mass is 10.1. The first-order chi connectivity index (χ1) is 9.74. The highest BCUT2D eigenvalue weighted by Crippen LogP contribution is 2.37. The van der Waals surface area contributed by atoms with Crippen molar-refractivity contribution in [2.45, 2.75) is 43.7 Å². The summed E-state index contributed by atoms with van der Waals surface area (Å²) in [6.07, 6.45) is -2.11. The average molecular weight is 322 g/mol. The lowest BCUT2D eigenvalue weighted by molar-refractivity contribution is -0.136. The van der Waals surface area contributed by atoms with Crippen molar-refractivity contribution < 1.29 is 21.6 Å². The fourth-order valence-electron chi connectivity index (χ4n) is 2.48. The van der Waals surface area contributed by atoms with E-state index in [1.165, 1.54) is 6.07 Å². The molecule has 0 aliphatic heterocycles. The maximum atomic E-state index is 13.0. The highest BCUT2D eigenvalue weighted by Gasteiger charge is 2.36. The lowest BCUT2D eigenvalue weighted by Gasteiger charge is -2.18. The predicted octanol–water partition coefficient (Wildman–Crippen LogP) is 2.85. The average Bonchev–Trinajstić information content (AvgIpc) is 2.92. The Labute approximate surface area is 121 Å². The molecule has 8 heteroatoms. The molecular formula is C13H17F3N2O2S. The summed E-state index contributed by atoms with van der Waals surface area (Å²) >= 11 is 0. The van der Waals surface area contributed by atoms with Gasteiger partial charge in [-0.15, -0.1) is 0 Å². The van der Waals surface area contributed by atoms with E-state index in [9.17, 15) is 21.6 Å². The van der Waals surface area contributed by atoms with Gasteiger partial charge >= 0.3 is 6.18 Å². The number of sulfonamides is 1. The van der Waals surface area contributed by atoms with Crippen molar-refractivity contribution in [3.63, 3.8) is 0 Å². The Kier molecular flexibility index (Phi) is 4.48. The predicted molar refractivity (Wildman–Crippen MR) is 74.1 cm³/mol. The van der Waals surface area contributed by atoms with Gasteiger partial charge < -0.3 is 5.73 Å². The molecule has 1 aliphatic carbocycles. The molecule has 4 nitrogen and oxygen atoms in total. The molecule has 1 fully saturated rings. The summed E-state index contributed by atoms with van der Waals surface area (Å²) in [7, 11) is -3.80. The van der Waals surface area contributed by atoms with Crippen molar-refractivity contribution in [1.82, 2.24) is 0 Å². The van der Waals surface area contributed by atoms with Gasteiger partial charge in [0.1, 0.15) is 0 Å². The summed E-state index contributed by atoms with van der Waals surface area (Å²) in [6.45, 7) is -0.0429. The minimum atomic E-state index is -4.64. The fourth-order valence-corrected chi connectivity index (χ4v) is 4.08. The van der Waals surface area contributed by atoms with Crippen LogP contribution in [0.15, 0.2) is 18.2 Å². The van der Waals surface area contributed by atoms with Crippen LogP contribution in [0.5, 0.6) is 0 Å². The van der Waals surface area contributed by atoms with Crippen molar-refractivity contribution in [2.75, 3.05) is 4.72 Å². The van der Waals surface area contributed by atoms with Gasteiger partial charge in [-0.25, -0.2) is 8.42 Å². The molecule has 0 spiro atoms. The fraction of sp³-hybridized carbons (Fsp3) is 0.538. The van der Waals surface area contributed by atoms with Crippen LogP contribution >= 0.6 is 0 Å². The summed E-state index contributed by atoms with van der Waals surface area (Å²) < 4.78 is 65.5. The van der Waals surface area contributed by atoms with Gasteiger partial charge in [0.25, 0.3) is 0 Å². The minimum absolute atomic E-state index is 0.0429. The number of nitrogens with two attached hydrogens (primary N) is 1. The second-order valence-corrected chi connectivity index (χ2v) is 7.10. The third-order valence-corrected chi connectivity index (χ3v) is 5.47. The van der Waals surface area contributed by atoms with Crippen LogP contribution in [-0.2, 0) is 22.7 Å². The number of halogens is 3. The molecule has 1 saturated carbocycles. The van der Waals surface area contributed by atoms with Crippen LogP contribution in [-0.4, -0.2) is 13.7 Å². The van der Waals surface area contributed by atoms with E-state index in [0.717, 1.165) is 25.0 Å². The molecule has 118 valence electrons. The van der Waals surface area contributed by atoms with Gasteiger partial charge in [0.15, 0.2) is 0 Å². The highest BCUT2D eigenvalue weighted by molar-refractivity contribution is 7.93. The van der Waals surface area contributed by atoms with Crippen LogP contribution in [0.3, 0.4) is 0 Å². The molecule has 1 aromatic carbocycles. The van der Waals surface area contributed by atoms with E-state index in [0.29, 0.717) is 18.4 Å². The monoisotopic (exact) mass is 322 g/mol. The zero-order chi connectivity index (χ0) is 15.7. The van der Waals surface area contributed by atoms with Gasteiger partial charge in [-0.1, -0.05) is 18.9 Å². The number of nitrogens with one attached hydrogen (secondary N) is 1. The number of anilines is 1. The van der Waals surface area contributed by atoms with Gasteiger partial charge in [0, 0.05) is 6.54 Å². The highest BCUT2D eigenvalue weighted by atomic mass is 32.2. The second kappa shape index (κ2) is 5.84. The van der Waals surface area contributed by atoms with Crippen LogP contribution in [0.1, 0.15) is 36.8 Å². The molecule has 0 unspecified atom stereocenters. The molecule has 1 aliphatic rings. The van der Waals surface area contributed by atoms with Gasteiger partial charge in [-0.3, -0.25) is 4.72 Å². The summed E-state index contributed by atoms with van der Waals surface area (Å²) in [5.41, 5.74) is 4.18. The third-order valence-electron chi connectivity index (χ3n) is 3.62. The van der Waals surface area contributed by atoms with Crippen LogP contribution in [0.4, 0.5) is 18.9 Å². The van der Waals surface area contributed by atoms with Crippen molar-refractivity contribution >= 4 is 15.7 Å². The Morgan fingerprint density at radius 3 is 2.38 bits per heavy atom. The van der Waals surface area contributed by atoms with Gasteiger partial charge in [0.05, 0.1) is 16.5 Å². The molecule has 0 heterocycles. The largest absolute Gasteiger partial charge is 0.418 e. The Balaban J connectivity index is 2.35. The first kappa shape index (κ1) is 16.1. The molecule has 0 saturated heterocycles. The van der Waals surface area contributed by atoms with Crippen molar-refractivity contribution in [3.05, 3.63) is 29.3 Å². The van der Waals surface area contributed by atoms with Crippen LogP contribution in [0, 0.1) is 0 Å². The lowest BCUT2D eigenvalue weighted by Crippen LogP contribution is -2.26. The Hall–Kier alpha value is -1.28.